The predicted molar refractivity (Wildman–Crippen MR) is 125 cm³/mol. The van der Waals surface area contributed by atoms with Crippen molar-refractivity contribution in [2.75, 3.05) is 41.7 Å². The van der Waals surface area contributed by atoms with Crippen molar-refractivity contribution >= 4 is 40.6 Å². The molecule has 2 aromatic heterocycles. The van der Waals surface area contributed by atoms with Crippen LogP contribution in [-0.2, 0) is 6.18 Å². The molecule has 3 N–H and O–H groups in total. The number of pyridine rings is 1. The van der Waals surface area contributed by atoms with Gasteiger partial charge in [0.25, 0.3) is 0 Å². The van der Waals surface area contributed by atoms with E-state index in [2.05, 4.69) is 30.5 Å². The third-order valence-corrected chi connectivity index (χ3v) is 5.67. The van der Waals surface area contributed by atoms with E-state index in [0.29, 0.717) is 5.82 Å². The number of halogens is 4. The third kappa shape index (κ3) is 5.85. The molecule has 3 heterocycles. The first kappa shape index (κ1) is 24.0. The fourth-order valence-electron chi connectivity index (χ4n) is 3.54. The maximum Gasteiger partial charge on any atom is 0.416 e. The standard InChI is InChI=1S/C22H23ClF3N7O/c1-14(34)32-7-9-33(10-8-32)17-5-6-19(27-12-17)30-21-28-13-18(23)20(31-21)29-16-4-2-3-15(11-16)22(24,25)26/h2-6,11-14,34H,7-10H2,1H3,(H2,27,28,29,30,31). The van der Waals surface area contributed by atoms with Gasteiger partial charge < -0.3 is 20.6 Å². The van der Waals surface area contributed by atoms with Gasteiger partial charge in [0.05, 0.1) is 23.6 Å². The van der Waals surface area contributed by atoms with Gasteiger partial charge in [-0.1, -0.05) is 17.7 Å². The average molecular weight is 494 g/mol. The van der Waals surface area contributed by atoms with Gasteiger partial charge in [-0.3, -0.25) is 4.90 Å². The quantitative estimate of drug-likeness (QED) is 0.463. The zero-order valence-electron chi connectivity index (χ0n) is 18.2. The second kappa shape index (κ2) is 10.00. The van der Waals surface area contributed by atoms with Gasteiger partial charge in [-0.15, -0.1) is 0 Å². The third-order valence-electron chi connectivity index (χ3n) is 5.39. The van der Waals surface area contributed by atoms with Gasteiger partial charge >= 0.3 is 6.18 Å². The minimum Gasteiger partial charge on any atom is -0.379 e. The first-order valence-corrected chi connectivity index (χ1v) is 10.9. The van der Waals surface area contributed by atoms with Crippen molar-refractivity contribution in [1.82, 2.24) is 19.9 Å². The summed E-state index contributed by atoms with van der Waals surface area (Å²) in [6, 6.07) is 8.46. The summed E-state index contributed by atoms with van der Waals surface area (Å²) < 4.78 is 38.9. The van der Waals surface area contributed by atoms with Crippen LogP contribution in [0.15, 0.2) is 48.8 Å². The molecular weight excluding hydrogens is 471 g/mol. The SMILES string of the molecule is CC(O)N1CCN(c2ccc(Nc3ncc(Cl)c(Nc4cccc(C(F)(F)F)c4)n3)nc2)CC1. The number of nitrogens with zero attached hydrogens (tertiary/aromatic N) is 5. The molecule has 3 aromatic rings. The fraction of sp³-hybridized carbons (Fsp3) is 0.318. The van der Waals surface area contributed by atoms with E-state index in [0.717, 1.165) is 44.0 Å². The summed E-state index contributed by atoms with van der Waals surface area (Å²) in [6.07, 6.45) is -1.83. The van der Waals surface area contributed by atoms with Gasteiger partial charge in [-0.05, 0) is 37.3 Å². The summed E-state index contributed by atoms with van der Waals surface area (Å²) in [7, 11) is 0. The number of nitrogens with one attached hydrogen (secondary N) is 2. The number of benzene rings is 1. The highest BCUT2D eigenvalue weighted by Gasteiger charge is 2.30. The zero-order chi connectivity index (χ0) is 24.3. The number of aromatic nitrogens is 3. The molecule has 1 atom stereocenters. The number of aliphatic hydroxyl groups is 1. The second-order valence-corrected chi connectivity index (χ2v) is 8.18. The monoisotopic (exact) mass is 493 g/mol. The number of alkyl halides is 3. The van der Waals surface area contributed by atoms with Gasteiger partial charge in [-0.2, -0.15) is 18.2 Å². The van der Waals surface area contributed by atoms with E-state index in [1.165, 1.54) is 18.3 Å². The molecule has 0 radical (unpaired) electrons. The lowest BCUT2D eigenvalue weighted by molar-refractivity contribution is -0.137. The molecule has 1 fully saturated rings. The van der Waals surface area contributed by atoms with Crippen molar-refractivity contribution in [3.63, 3.8) is 0 Å². The van der Waals surface area contributed by atoms with Gasteiger partial charge in [0.15, 0.2) is 5.82 Å². The van der Waals surface area contributed by atoms with Crippen LogP contribution in [0.1, 0.15) is 12.5 Å². The Morgan fingerprint density at radius 2 is 1.79 bits per heavy atom. The largest absolute Gasteiger partial charge is 0.416 e. The van der Waals surface area contributed by atoms with Crippen molar-refractivity contribution in [3.05, 3.63) is 59.4 Å². The summed E-state index contributed by atoms with van der Waals surface area (Å²) in [5, 5.41) is 15.6. The zero-order valence-corrected chi connectivity index (χ0v) is 19.0. The van der Waals surface area contributed by atoms with Crippen molar-refractivity contribution < 1.29 is 18.3 Å². The lowest BCUT2D eigenvalue weighted by Crippen LogP contribution is -2.49. The smallest absolute Gasteiger partial charge is 0.379 e. The Balaban J connectivity index is 1.43. The highest BCUT2D eigenvalue weighted by molar-refractivity contribution is 6.32. The molecule has 1 aliphatic heterocycles. The number of piperazine rings is 1. The molecule has 8 nitrogen and oxygen atoms in total. The van der Waals surface area contributed by atoms with Crippen LogP contribution in [0.2, 0.25) is 5.02 Å². The van der Waals surface area contributed by atoms with E-state index in [9.17, 15) is 18.3 Å². The highest BCUT2D eigenvalue weighted by atomic mass is 35.5. The fourth-order valence-corrected chi connectivity index (χ4v) is 3.68. The Bertz CT molecular complexity index is 1120. The average Bonchev–Trinajstić information content (AvgIpc) is 2.81. The van der Waals surface area contributed by atoms with Crippen LogP contribution in [0.5, 0.6) is 0 Å². The first-order valence-electron chi connectivity index (χ1n) is 10.6. The van der Waals surface area contributed by atoms with E-state index in [4.69, 9.17) is 11.6 Å². The van der Waals surface area contributed by atoms with Crippen LogP contribution in [-0.4, -0.2) is 57.4 Å². The molecule has 0 spiro atoms. The molecule has 1 aliphatic rings. The highest BCUT2D eigenvalue weighted by Crippen LogP contribution is 2.32. The van der Waals surface area contributed by atoms with E-state index in [1.54, 1.807) is 19.2 Å². The van der Waals surface area contributed by atoms with Gasteiger partial charge in [0.2, 0.25) is 5.95 Å². The van der Waals surface area contributed by atoms with Crippen LogP contribution in [0.3, 0.4) is 0 Å². The molecule has 1 aromatic carbocycles. The molecule has 0 amide bonds. The number of rotatable bonds is 6. The lowest BCUT2D eigenvalue weighted by atomic mass is 10.2. The number of hydrogen-bond acceptors (Lipinski definition) is 8. The Morgan fingerprint density at radius 1 is 1.03 bits per heavy atom. The van der Waals surface area contributed by atoms with Crippen LogP contribution in [0.25, 0.3) is 0 Å². The van der Waals surface area contributed by atoms with E-state index in [-0.39, 0.29) is 22.5 Å². The summed E-state index contributed by atoms with van der Waals surface area (Å²) in [6.45, 7) is 4.85. The molecule has 0 saturated carbocycles. The number of anilines is 5. The van der Waals surface area contributed by atoms with E-state index < -0.39 is 18.0 Å². The van der Waals surface area contributed by atoms with Crippen LogP contribution >= 0.6 is 11.6 Å². The minimum atomic E-state index is -4.46. The summed E-state index contributed by atoms with van der Waals surface area (Å²) in [5.41, 5.74) is 0.372. The van der Waals surface area contributed by atoms with Gasteiger partial charge in [0.1, 0.15) is 17.1 Å². The second-order valence-electron chi connectivity index (χ2n) is 7.78. The Hall–Kier alpha value is -3.15. The van der Waals surface area contributed by atoms with Crippen molar-refractivity contribution in [2.24, 2.45) is 0 Å². The predicted octanol–water partition coefficient (Wildman–Crippen LogP) is 4.49. The number of hydrogen-bond donors (Lipinski definition) is 3. The topological polar surface area (TPSA) is 89.4 Å². The van der Waals surface area contributed by atoms with Gasteiger partial charge in [0, 0.05) is 31.9 Å². The molecule has 34 heavy (non-hydrogen) atoms. The minimum absolute atomic E-state index is 0.155. The normalized spacial score (nSPS) is 15.8. The summed E-state index contributed by atoms with van der Waals surface area (Å²) >= 11 is 6.14. The van der Waals surface area contributed by atoms with Crippen LogP contribution < -0.4 is 15.5 Å². The van der Waals surface area contributed by atoms with Crippen molar-refractivity contribution in [3.8, 4) is 0 Å². The van der Waals surface area contributed by atoms with Crippen molar-refractivity contribution in [2.45, 2.75) is 19.3 Å². The van der Waals surface area contributed by atoms with E-state index in [1.807, 2.05) is 11.0 Å². The Morgan fingerprint density at radius 3 is 2.44 bits per heavy atom. The summed E-state index contributed by atoms with van der Waals surface area (Å²) in [4.78, 5) is 17.0. The Labute approximate surface area is 199 Å². The summed E-state index contributed by atoms with van der Waals surface area (Å²) in [5.74, 6) is 0.842. The van der Waals surface area contributed by atoms with E-state index >= 15 is 0 Å². The van der Waals surface area contributed by atoms with Gasteiger partial charge in [-0.25, -0.2) is 9.97 Å². The molecule has 180 valence electrons. The Kier molecular flexibility index (Phi) is 7.05. The van der Waals surface area contributed by atoms with Crippen LogP contribution in [0, 0.1) is 0 Å². The molecule has 1 saturated heterocycles. The molecule has 12 heteroatoms. The molecular formula is C22H23ClF3N7O. The first-order chi connectivity index (χ1) is 16.2. The molecule has 0 aliphatic carbocycles. The molecule has 4 rings (SSSR count). The maximum atomic E-state index is 13.0. The van der Waals surface area contributed by atoms with Crippen LogP contribution in [0.4, 0.5) is 42.1 Å². The molecule has 1 unspecified atom stereocenters. The molecule has 0 bridgehead atoms. The maximum absolute atomic E-state index is 13.0. The van der Waals surface area contributed by atoms with Crippen molar-refractivity contribution in [1.29, 1.82) is 0 Å². The lowest BCUT2D eigenvalue weighted by Gasteiger charge is -2.37. The number of aliphatic hydroxyl groups excluding tert-OH is 1.